The molecule has 6 heteroatoms. The van der Waals surface area contributed by atoms with Gasteiger partial charge in [-0.1, -0.05) is 35.9 Å². The molecule has 1 saturated heterocycles. The average molecular weight is 378 g/mol. The van der Waals surface area contributed by atoms with Gasteiger partial charge in [-0.25, -0.2) is 0 Å². The molecule has 4 nitrogen and oxygen atoms in total. The van der Waals surface area contributed by atoms with E-state index < -0.39 is 0 Å². The van der Waals surface area contributed by atoms with E-state index in [1.54, 1.807) is 0 Å². The van der Waals surface area contributed by atoms with Gasteiger partial charge in [0, 0.05) is 30.0 Å². The van der Waals surface area contributed by atoms with Gasteiger partial charge >= 0.3 is 0 Å². The monoisotopic (exact) mass is 377 g/mol. The second-order valence-corrected chi connectivity index (χ2v) is 7.33. The molecule has 25 heavy (non-hydrogen) atoms. The molecule has 1 aliphatic heterocycles. The summed E-state index contributed by atoms with van der Waals surface area (Å²) < 4.78 is 5.79. The second kappa shape index (κ2) is 8.61. The Morgan fingerprint density at radius 3 is 2.80 bits per heavy atom. The molecule has 0 aliphatic carbocycles. The SMILES string of the molecule is O=C(CCCC(=O)N1CCOC(c2ccccc2Cl)C1)c1cccs1. The summed E-state index contributed by atoms with van der Waals surface area (Å²) in [6, 6.07) is 11.2. The predicted molar refractivity (Wildman–Crippen MR) is 99.2 cm³/mol. The Bertz CT molecular complexity index is 732. The van der Waals surface area contributed by atoms with E-state index in [4.69, 9.17) is 16.3 Å². The molecular formula is C19H20ClNO3S. The van der Waals surface area contributed by atoms with E-state index in [1.165, 1.54) is 11.3 Å². The number of thiophene rings is 1. The molecule has 0 saturated carbocycles. The van der Waals surface area contributed by atoms with Crippen molar-refractivity contribution in [1.29, 1.82) is 0 Å². The normalized spacial score (nSPS) is 17.5. The third-order valence-electron chi connectivity index (χ3n) is 4.26. The Kier molecular flexibility index (Phi) is 6.24. The number of Topliss-reactive ketones (excluding diaryl/α,β-unsaturated/α-hetero) is 1. The first-order chi connectivity index (χ1) is 12.1. The van der Waals surface area contributed by atoms with Gasteiger partial charge in [-0.2, -0.15) is 0 Å². The molecule has 0 radical (unpaired) electrons. The quantitative estimate of drug-likeness (QED) is 0.703. The number of amides is 1. The number of halogens is 1. The molecule has 2 heterocycles. The third kappa shape index (κ3) is 4.69. The van der Waals surface area contributed by atoms with E-state index in [2.05, 4.69) is 0 Å². The Morgan fingerprint density at radius 2 is 2.04 bits per heavy atom. The van der Waals surface area contributed by atoms with Crippen molar-refractivity contribution in [3.63, 3.8) is 0 Å². The summed E-state index contributed by atoms with van der Waals surface area (Å²) in [5.74, 6) is 0.179. The highest BCUT2D eigenvalue weighted by atomic mass is 35.5. The molecule has 1 unspecified atom stereocenters. The maximum Gasteiger partial charge on any atom is 0.222 e. The molecule has 1 amide bonds. The Morgan fingerprint density at radius 1 is 1.20 bits per heavy atom. The minimum Gasteiger partial charge on any atom is -0.370 e. The highest BCUT2D eigenvalue weighted by Crippen LogP contribution is 2.28. The van der Waals surface area contributed by atoms with E-state index in [9.17, 15) is 9.59 Å². The third-order valence-corrected chi connectivity index (χ3v) is 5.52. The van der Waals surface area contributed by atoms with E-state index in [1.807, 2.05) is 46.7 Å². The zero-order chi connectivity index (χ0) is 17.6. The largest absolute Gasteiger partial charge is 0.370 e. The van der Waals surface area contributed by atoms with Crippen molar-refractivity contribution in [3.05, 3.63) is 57.2 Å². The van der Waals surface area contributed by atoms with E-state index >= 15 is 0 Å². The molecule has 132 valence electrons. The van der Waals surface area contributed by atoms with Crippen LogP contribution in [0.5, 0.6) is 0 Å². The maximum absolute atomic E-state index is 12.5. The van der Waals surface area contributed by atoms with Crippen LogP contribution in [0.4, 0.5) is 0 Å². The number of nitrogens with zero attached hydrogens (tertiary/aromatic N) is 1. The van der Waals surface area contributed by atoms with Gasteiger partial charge in [0.2, 0.25) is 5.91 Å². The van der Waals surface area contributed by atoms with Gasteiger partial charge < -0.3 is 9.64 Å². The van der Waals surface area contributed by atoms with Crippen molar-refractivity contribution >= 4 is 34.6 Å². The average Bonchev–Trinajstić information content (AvgIpc) is 3.17. The molecule has 1 atom stereocenters. The minimum atomic E-state index is -0.195. The number of rotatable bonds is 6. The smallest absolute Gasteiger partial charge is 0.222 e. The lowest BCUT2D eigenvalue weighted by Gasteiger charge is -2.33. The van der Waals surface area contributed by atoms with Crippen LogP contribution >= 0.6 is 22.9 Å². The van der Waals surface area contributed by atoms with Crippen LogP contribution in [-0.2, 0) is 9.53 Å². The van der Waals surface area contributed by atoms with E-state index in [0.29, 0.717) is 44.0 Å². The Labute approximate surface area is 156 Å². The van der Waals surface area contributed by atoms with Crippen molar-refractivity contribution in [2.75, 3.05) is 19.7 Å². The topological polar surface area (TPSA) is 46.6 Å². The minimum absolute atomic E-state index is 0.0688. The first-order valence-electron chi connectivity index (χ1n) is 8.35. The van der Waals surface area contributed by atoms with Crippen molar-refractivity contribution < 1.29 is 14.3 Å². The lowest BCUT2D eigenvalue weighted by atomic mass is 10.1. The lowest BCUT2D eigenvalue weighted by Crippen LogP contribution is -2.42. The van der Waals surface area contributed by atoms with Crippen LogP contribution in [0.1, 0.15) is 40.6 Å². The van der Waals surface area contributed by atoms with Gasteiger partial charge in [-0.3, -0.25) is 9.59 Å². The maximum atomic E-state index is 12.5. The first kappa shape index (κ1) is 18.1. The molecule has 1 fully saturated rings. The summed E-state index contributed by atoms with van der Waals surface area (Å²) in [5.41, 5.74) is 0.912. The number of ketones is 1. The van der Waals surface area contributed by atoms with Crippen LogP contribution < -0.4 is 0 Å². The van der Waals surface area contributed by atoms with Crippen LogP contribution in [0.25, 0.3) is 0 Å². The number of hydrogen-bond donors (Lipinski definition) is 0. The van der Waals surface area contributed by atoms with Crippen LogP contribution in [0, 0.1) is 0 Å². The van der Waals surface area contributed by atoms with Crippen LogP contribution in [-0.4, -0.2) is 36.3 Å². The van der Waals surface area contributed by atoms with Gasteiger partial charge in [0.15, 0.2) is 5.78 Å². The standard InChI is InChI=1S/C19H20ClNO3S/c20-15-6-2-1-5-14(15)17-13-21(10-11-24-17)19(23)9-3-7-16(22)18-8-4-12-25-18/h1-2,4-6,8,12,17H,3,7,9-11,13H2. The highest BCUT2D eigenvalue weighted by molar-refractivity contribution is 7.12. The molecule has 1 aromatic heterocycles. The summed E-state index contributed by atoms with van der Waals surface area (Å²) in [6.45, 7) is 1.58. The summed E-state index contributed by atoms with van der Waals surface area (Å²) in [4.78, 5) is 27.0. The van der Waals surface area contributed by atoms with Gasteiger partial charge in [-0.05, 0) is 23.9 Å². The summed E-state index contributed by atoms with van der Waals surface area (Å²) in [7, 11) is 0. The predicted octanol–water partition coefficient (Wildman–Crippen LogP) is 4.35. The molecule has 0 bridgehead atoms. The second-order valence-electron chi connectivity index (χ2n) is 5.97. The van der Waals surface area contributed by atoms with Crippen LogP contribution in [0.15, 0.2) is 41.8 Å². The molecule has 3 rings (SSSR count). The van der Waals surface area contributed by atoms with Crippen LogP contribution in [0.2, 0.25) is 5.02 Å². The molecule has 2 aromatic rings. The molecule has 0 N–H and O–H groups in total. The number of benzene rings is 1. The van der Waals surface area contributed by atoms with Crippen LogP contribution in [0.3, 0.4) is 0 Å². The number of hydrogen-bond acceptors (Lipinski definition) is 4. The van der Waals surface area contributed by atoms with Gasteiger partial charge in [-0.15, -0.1) is 11.3 Å². The lowest BCUT2D eigenvalue weighted by molar-refractivity contribution is -0.139. The summed E-state index contributed by atoms with van der Waals surface area (Å²) in [5, 5.41) is 2.55. The zero-order valence-corrected chi connectivity index (χ0v) is 15.4. The van der Waals surface area contributed by atoms with Crippen molar-refractivity contribution in [2.24, 2.45) is 0 Å². The summed E-state index contributed by atoms with van der Waals surface area (Å²) >= 11 is 7.68. The number of carbonyl (C=O) groups is 2. The fourth-order valence-corrected chi connectivity index (χ4v) is 3.87. The van der Waals surface area contributed by atoms with Gasteiger partial charge in [0.05, 0.1) is 18.0 Å². The van der Waals surface area contributed by atoms with Crippen molar-refractivity contribution in [2.45, 2.75) is 25.4 Å². The van der Waals surface area contributed by atoms with Gasteiger partial charge in [0.25, 0.3) is 0 Å². The summed E-state index contributed by atoms with van der Waals surface area (Å²) in [6.07, 6.45) is 1.17. The molecule has 1 aliphatic rings. The Balaban J connectivity index is 1.50. The Hall–Kier alpha value is -1.69. The fraction of sp³-hybridized carbons (Fsp3) is 0.368. The van der Waals surface area contributed by atoms with Crippen molar-refractivity contribution in [3.8, 4) is 0 Å². The molecule has 0 spiro atoms. The number of carbonyl (C=O) groups excluding carboxylic acids is 2. The zero-order valence-electron chi connectivity index (χ0n) is 13.8. The number of morpholine rings is 1. The fourth-order valence-electron chi connectivity index (χ4n) is 2.92. The number of ether oxygens (including phenoxy) is 1. The molecular weight excluding hydrogens is 358 g/mol. The first-order valence-corrected chi connectivity index (χ1v) is 9.61. The van der Waals surface area contributed by atoms with Gasteiger partial charge in [0.1, 0.15) is 6.10 Å². The molecule has 1 aromatic carbocycles. The van der Waals surface area contributed by atoms with E-state index in [0.717, 1.165) is 10.4 Å². The van der Waals surface area contributed by atoms with Crippen molar-refractivity contribution in [1.82, 2.24) is 4.90 Å². The van der Waals surface area contributed by atoms with E-state index in [-0.39, 0.29) is 17.8 Å². The highest BCUT2D eigenvalue weighted by Gasteiger charge is 2.26.